The Balaban J connectivity index is 1.71. The standard InChI is InChI=1S/C20H24ClN3O3/c1-20(2,3)27-19(26)22-8-7-16-11-23-18(25)17-10-14(12-24(16)17)13-5-4-6-15(21)9-13/h4-6,9-10,12,16H,7-8,11H2,1-3H3,(H,22,26)(H,23,25). The van der Waals surface area contributed by atoms with Crippen LogP contribution in [0.25, 0.3) is 11.1 Å². The number of halogens is 1. The van der Waals surface area contributed by atoms with E-state index >= 15 is 0 Å². The van der Waals surface area contributed by atoms with Gasteiger partial charge in [0, 0.05) is 29.9 Å². The minimum atomic E-state index is -0.525. The lowest BCUT2D eigenvalue weighted by Crippen LogP contribution is -2.40. The Labute approximate surface area is 163 Å². The van der Waals surface area contributed by atoms with Crippen LogP contribution >= 0.6 is 11.6 Å². The summed E-state index contributed by atoms with van der Waals surface area (Å²) < 4.78 is 7.23. The molecule has 1 atom stereocenters. The first-order valence-electron chi connectivity index (χ1n) is 8.96. The van der Waals surface area contributed by atoms with Crippen molar-refractivity contribution in [2.75, 3.05) is 13.1 Å². The van der Waals surface area contributed by atoms with E-state index in [1.54, 1.807) is 0 Å². The molecule has 0 saturated carbocycles. The smallest absolute Gasteiger partial charge is 0.407 e. The van der Waals surface area contributed by atoms with Crippen molar-refractivity contribution in [3.8, 4) is 11.1 Å². The lowest BCUT2D eigenvalue weighted by Gasteiger charge is -2.27. The van der Waals surface area contributed by atoms with Gasteiger partial charge in [-0.1, -0.05) is 23.7 Å². The molecule has 0 aliphatic carbocycles. The topological polar surface area (TPSA) is 72.4 Å². The Bertz CT molecular complexity index is 854. The van der Waals surface area contributed by atoms with Gasteiger partial charge in [-0.15, -0.1) is 0 Å². The molecular formula is C20H24ClN3O3. The molecule has 1 aromatic heterocycles. The Morgan fingerprint density at radius 1 is 1.33 bits per heavy atom. The van der Waals surface area contributed by atoms with Crippen LogP contribution in [0.15, 0.2) is 36.5 Å². The van der Waals surface area contributed by atoms with E-state index in [4.69, 9.17) is 16.3 Å². The summed E-state index contributed by atoms with van der Waals surface area (Å²) in [6, 6.07) is 9.47. The second-order valence-corrected chi connectivity index (χ2v) is 8.05. The maximum Gasteiger partial charge on any atom is 0.407 e. The molecule has 1 aliphatic heterocycles. The SMILES string of the molecule is CC(C)(C)OC(=O)NCCC1CNC(=O)c2cc(-c3cccc(Cl)c3)cn21. The number of alkyl carbamates (subject to hydrolysis) is 1. The van der Waals surface area contributed by atoms with Crippen LogP contribution in [0, 0.1) is 0 Å². The van der Waals surface area contributed by atoms with Gasteiger partial charge in [0.2, 0.25) is 0 Å². The lowest BCUT2D eigenvalue weighted by molar-refractivity contribution is 0.0523. The molecule has 1 unspecified atom stereocenters. The molecule has 27 heavy (non-hydrogen) atoms. The number of hydrogen-bond donors (Lipinski definition) is 2. The quantitative estimate of drug-likeness (QED) is 0.829. The minimum Gasteiger partial charge on any atom is -0.444 e. The molecular weight excluding hydrogens is 366 g/mol. The number of ether oxygens (including phenoxy) is 1. The Kier molecular flexibility index (Phi) is 5.46. The average Bonchev–Trinajstić information content (AvgIpc) is 3.02. The third-order valence-corrected chi connectivity index (χ3v) is 4.51. The molecule has 2 aromatic rings. The highest BCUT2D eigenvalue weighted by Gasteiger charge is 2.26. The van der Waals surface area contributed by atoms with Crippen molar-refractivity contribution in [3.63, 3.8) is 0 Å². The first-order chi connectivity index (χ1) is 12.7. The van der Waals surface area contributed by atoms with Crippen molar-refractivity contribution < 1.29 is 14.3 Å². The second kappa shape index (κ2) is 7.64. The van der Waals surface area contributed by atoms with Gasteiger partial charge in [-0.3, -0.25) is 4.79 Å². The van der Waals surface area contributed by atoms with Crippen molar-refractivity contribution >= 4 is 23.6 Å². The fourth-order valence-electron chi connectivity index (χ4n) is 3.08. The van der Waals surface area contributed by atoms with E-state index in [9.17, 15) is 9.59 Å². The van der Waals surface area contributed by atoms with Crippen LogP contribution in [0.2, 0.25) is 5.02 Å². The fourth-order valence-corrected chi connectivity index (χ4v) is 3.28. The van der Waals surface area contributed by atoms with Gasteiger partial charge in [-0.25, -0.2) is 4.79 Å². The van der Waals surface area contributed by atoms with Crippen molar-refractivity contribution in [1.29, 1.82) is 0 Å². The summed E-state index contributed by atoms with van der Waals surface area (Å²) in [6.07, 6.45) is 2.21. The molecule has 1 aliphatic rings. The summed E-state index contributed by atoms with van der Waals surface area (Å²) in [5.74, 6) is -0.0976. The average molecular weight is 390 g/mol. The van der Waals surface area contributed by atoms with Crippen LogP contribution in [0.5, 0.6) is 0 Å². The van der Waals surface area contributed by atoms with Gasteiger partial charge >= 0.3 is 6.09 Å². The van der Waals surface area contributed by atoms with Crippen molar-refractivity contribution in [1.82, 2.24) is 15.2 Å². The first kappa shape index (κ1) is 19.3. The summed E-state index contributed by atoms with van der Waals surface area (Å²) in [5, 5.41) is 6.33. The van der Waals surface area contributed by atoms with Gasteiger partial charge in [0.25, 0.3) is 5.91 Å². The molecule has 0 bridgehead atoms. The molecule has 1 aromatic carbocycles. The monoisotopic (exact) mass is 389 g/mol. The zero-order valence-corrected chi connectivity index (χ0v) is 16.5. The predicted molar refractivity (Wildman–Crippen MR) is 105 cm³/mol. The summed E-state index contributed by atoms with van der Waals surface area (Å²) in [6.45, 7) is 6.46. The van der Waals surface area contributed by atoms with Gasteiger partial charge in [0.05, 0.1) is 6.04 Å². The molecule has 2 N–H and O–H groups in total. The molecule has 144 valence electrons. The highest BCUT2D eigenvalue weighted by molar-refractivity contribution is 6.30. The normalized spacial score (nSPS) is 16.4. The van der Waals surface area contributed by atoms with Crippen LogP contribution in [0.4, 0.5) is 4.79 Å². The number of nitrogens with zero attached hydrogens (tertiary/aromatic N) is 1. The number of carbonyl (C=O) groups excluding carboxylic acids is 2. The van der Waals surface area contributed by atoms with Crippen LogP contribution in [-0.2, 0) is 4.74 Å². The van der Waals surface area contributed by atoms with E-state index in [-0.39, 0.29) is 11.9 Å². The largest absolute Gasteiger partial charge is 0.444 e. The number of amides is 2. The Morgan fingerprint density at radius 3 is 2.81 bits per heavy atom. The highest BCUT2D eigenvalue weighted by atomic mass is 35.5. The zero-order valence-electron chi connectivity index (χ0n) is 15.7. The molecule has 0 saturated heterocycles. The molecule has 0 radical (unpaired) electrons. The number of rotatable bonds is 4. The highest BCUT2D eigenvalue weighted by Crippen LogP contribution is 2.29. The van der Waals surface area contributed by atoms with E-state index in [0.717, 1.165) is 11.1 Å². The van der Waals surface area contributed by atoms with E-state index in [2.05, 4.69) is 10.6 Å². The first-order valence-corrected chi connectivity index (χ1v) is 9.33. The third kappa shape index (κ3) is 4.83. The number of carbonyl (C=O) groups is 2. The van der Waals surface area contributed by atoms with E-state index < -0.39 is 11.7 Å². The van der Waals surface area contributed by atoms with Crippen molar-refractivity contribution in [3.05, 3.63) is 47.2 Å². The van der Waals surface area contributed by atoms with E-state index in [1.165, 1.54) is 0 Å². The maximum absolute atomic E-state index is 12.2. The van der Waals surface area contributed by atoms with E-state index in [1.807, 2.05) is 61.9 Å². The molecule has 3 rings (SSSR count). The zero-order chi connectivity index (χ0) is 19.6. The second-order valence-electron chi connectivity index (χ2n) is 7.61. The number of benzene rings is 1. The Morgan fingerprint density at radius 2 is 2.11 bits per heavy atom. The molecule has 2 amide bonds. The van der Waals surface area contributed by atoms with Gasteiger partial charge in [-0.2, -0.15) is 0 Å². The van der Waals surface area contributed by atoms with Crippen molar-refractivity contribution in [2.24, 2.45) is 0 Å². The molecule has 7 heteroatoms. The molecule has 0 fully saturated rings. The van der Waals surface area contributed by atoms with Crippen LogP contribution < -0.4 is 10.6 Å². The third-order valence-electron chi connectivity index (χ3n) is 4.28. The van der Waals surface area contributed by atoms with Crippen molar-refractivity contribution in [2.45, 2.75) is 38.8 Å². The van der Waals surface area contributed by atoms with Gasteiger partial charge < -0.3 is 19.9 Å². The van der Waals surface area contributed by atoms with E-state index in [0.29, 0.717) is 30.2 Å². The number of aromatic nitrogens is 1. The van der Waals surface area contributed by atoms with Gasteiger partial charge in [0.1, 0.15) is 11.3 Å². The summed E-state index contributed by atoms with van der Waals surface area (Å²) in [5.41, 5.74) is 1.98. The van der Waals surface area contributed by atoms with Gasteiger partial charge in [0.15, 0.2) is 0 Å². The number of hydrogen-bond acceptors (Lipinski definition) is 3. The summed E-state index contributed by atoms with van der Waals surface area (Å²) in [4.78, 5) is 24.0. The van der Waals surface area contributed by atoms with Gasteiger partial charge in [-0.05, 0) is 51.0 Å². The molecule has 6 nitrogen and oxygen atoms in total. The number of nitrogens with one attached hydrogen (secondary N) is 2. The van der Waals surface area contributed by atoms with Crippen LogP contribution in [0.3, 0.4) is 0 Å². The van der Waals surface area contributed by atoms with Crippen LogP contribution in [-0.4, -0.2) is 35.3 Å². The molecule has 2 heterocycles. The maximum atomic E-state index is 12.2. The molecule has 0 spiro atoms. The predicted octanol–water partition coefficient (Wildman–Crippen LogP) is 4.01. The number of fused-ring (bicyclic) bond motifs is 1. The minimum absolute atomic E-state index is 0.0561. The lowest BCUT2D eigenvalue weighted by atomic mass is 10.1. The fraction of sp³-hybridized carbons (Fsp3) is 0.400. The Hall–Kier alpha value is -2.47. The summed E-state index contributed by atoms with van der Waals surface area (Å²) in [7, 11) is 0. The summed E-state index contributed by atoms with van der Waals surface area (Å²) >= 11 is 6.08. The van der Waals surface area contributed by atoms with Crippen LogP contribution in [0.1, 0.15) is 43.7 Å².